The summed E-state index contributed by atoms with van der Waals surface area (Å²) in [6.07, 6.45) is 17.4. The van der Waals surface area contributed by atoms with Crippen molar-refractivity contribution in [3.05, 3.63) is 12.8 Å². The van der Waals surface area contributed by atoms with E-state index in [-0.39, 0.29) is 24.3 Å². The smallest absolute Gasteiger partial charge is 0.157 e. The van der Waals surface area contributed by atoms with Gasteiger partial charge in [-0.25, -0.2) is 0 Å². The number of rotatable bonds is 11. The molecule has 0 saturated heterocycles. The van der Waals surface area contributed by atoms with Crippen molar-refractivity contribution < 1.29 is 9.90 Å². The van der Waals surface area contributed by atoms with Gasteiger partial charge in [0.2, 0.25) is 0 Å². The highest BCUT2D eigenvalue weighted by Gasteiger charge is 2.52. The van der Waals surface area contributed by atoms with Crippen molar-refractivity contribution in [2.45, 2.75) is 97.0 Å². The number of nitrogens with zero attached hydrogens (tertiary/aromatic N) is 2. The molecule has 0 amide bonds. The molecule has 3 rings (SSSR count). The standard InChI is InChI=1S/C27H45ClN2O2/c1-4-20(26(32)19-30(5-2)29-17-16-28)8-6-9-21-10-7-11-25-24(21)13-12-22-18-23(31)14-15-27(22,25)3/h5,17,20-25,31H,2,4,6-16,18-19H2,1,3H3/b29-17-/t20-,21-,22+,23-,24+,25+,27+/m1/s1. The molecule has 0 aromatic rings. The van der Waals surface area contributed by atoms with Crippen LogP contribution in [0.4, 0.5) is 0 Å². The molecule has 3 saturated carbocycles. The van der Waals surface area contributed by atoms with Crippen LogP contribution in [0.5, 0.6) is 0 Å². The van der Waals surface area contributed by atoms with Crippen molar-refractivity contribution in [3.8, 4) is 0 Å². The van der Waals surface area contributed by atoms with Gasteiger partial charge in [0.05, 0.1) is 18.5 Å². The Morgan fingerprint density at radius 3 is 2.84 bits per heavy atom. The van der Waals surface area contributed by atoms with Crippen LogP contribution in [0.25, 0.3) is 0 Å². The van der Waals surface area contributed by atoms with E-state index < -0.39 is 0 Å². The van der Waals surface area contributed by atoms with Gasteiger partial charge in [-0.2, -0.15) is 5.10 Å². The average molecular weight is 465 g/mol. The molecule has 3 fully saturated rings. The van der Waals surface area contributed by atoms with E-state index >= 15 is 0 Å². The number of hydrazone groups is 1. The van der Waals surface area contributed by atoms with Gasteiger partial charge in [0.25, 0.3) is 0 Å². The van der Waals surface area contributed by atoms with E-state index in [2.05, 4.69) is 25.5 Å². The third-order valence-electron chi connectivity index (χ3n) is 9.32. The van der Waals surface area contributed by atoms with Crippen LogP contribution in [0.3, 0.4) is 0 Å². The van der Waals surface area contributed by atoms with Crippen LogP contribution in [-0.4, -0.2) is 40.6 Å². The maximum absolute atomic E-state index is 12.8. The summed E-state index contributed by atoms with van der Waals surface area (Å²) in [6, 6.07) is 0. The number of halogens is 1. The van der Waals surface area contributed by atoms with E-state index in [0.29, 0.717) is 11.3 Å². The van der Waals surface area contributed by atoms with Crippen molar-refractivity contribution in [2.75, 3.05) is 12.4 Å². The molecule has 0 spiro atoms. The predicted molar refractivity (Wildman–Crippen MR) is 134 cm³/mol. The van der Waals surface area contributed by atoms with Crippen LogP contribution in [0.15, 0.2) is 17.9 Å². The molecule has 1 N–H and O–H groups in total. The third kappa shape index (κ3) is 5.97. The fourth-order valence-corrected chi connectivity index (χ4v) is 7.56. The van der Waals surface area contributed by atoms with E-state index in [4.69, 9.17) is 11.6 Å². The van der Waals surface area contributed by atoms with Crippen molar-refractivity contribution in [1.29, 1.82) is 0 Å². The Balaban J connectivity index is 1.52. The molecule has 182 valence electrons. The number of hydrogen-bond acceptors (Lipinski definition) is 4. The van der Waals surface area contributed by atoms with Gasteiger partial charge < -0.3 is 5.11 Å². The summed E-state index contributed by atoms with van der Waals surface area (Å²) < 4.78 is 0. The maximum Gasteiger partial charge on any atom is 0.157 e. The Kier molecular flexibility index (Phi) is 9.67. The first-order chi connectivity index (χ1) is 15.4. The largest absolute Gasteiger partial charge is 0.393 e. The van der Waals surface area contributed by atoms with Crippen LogP contribution >= 0.6 is 11.6 Å². The Hall–Kier alpha value is -0.870. The normalized spacial score (nSPS) is 35.7. The van der Waals surface area contributed by atoms with E-state index in [1.165, 1.54) is 44.9 Å². The fourth-order valence-electron chi connectivity index (χ4n) is 7.49. The van der Waals surface area contributed by atoms with Gasteiger partial charge in [-0.05, 0) is 80.5 Å². The number of alkyl halides is 1. The van der Waals surface area contributed by atoms with Crippen molar-refractivity contribution in [1.82, 2.24) is 5.01 Å². The van der Waals surface area contributed by atoms with Gasteiger partial charge in [0, 0.05) is 18.3 Å². The molecule has 3 aliphatic rings. The number of ketones is 1. The van der Waals surface area contributed by atoms with Gasteiger partial charge >= 0.3 is 0 Å². The number of aliphatic hydroxyl groups excluding tert-OH is 1. The zero-order valence-electron chi connectivity index (χ0n) is 20.4. The minimum Gasteiger partial charge on any atom is -0.393 e. The molecule has 0 aromatic heterocycles. The predicted octanol–water partition coefficient (Wildman–Crippen LogP) is 6.42. The molecule has 7 atom stereocenters. The lowest BCUT2D eigenvalue weighted by Crippen LogP contribution is -2.50. The molecule has 0 heterocycles. The van der Waals surface area contributed by atoms with E-state index in [9.17, 15) is 9.90 Å². The Labute approximate surface area is 200 Å². The molecule has 0 aromatic carbocycles. The van der Waals surface area contributed by atoms with Crippen LogP contribution < -0.4 is 0 Å². The molecule has 3 aliphatic carbocycles. The van der Waals surface area contributed by atoms with Gasteiger partial charge in [0.15, 0.2) is 5.78 Å². The lowest BCUT2D eigenvalue weighted by Gasteiger charge is -2.58. The number of carbonyl (C=O) groups is 1. The second-order valence-electron chi connectivity index (χ2n) is 10.9. The van der Waals surface area contributed by atoms with E-state index in [1.54, 1.807) is 17.4 Å². The first kappa shape index (κ1) is 25.7. The van der Waals surface area contributed by atoms with Crippen LogP contribution in [0.2, 0.25) is 0 Å². The van der Waals surface area contributed by atoms with Crippen LogP contribution in [0.1, 0.15) is 90.9 Å². The topological polar surface area (TPSA) is 52.9 Å². The highest BCUT2D eigenvalue weighted by Crippen LogP contribution is 2.60. The van der Waals surface area contributed by atoms with Gasteiger partial charge in [-0.3, -0.25) is 9.80 Å². The van der Waals surface area contributed by atoms with Crippen LogP contribution in [-0.2, 0) is 4.79 Å². The summed E-state index contributed by atoms with van der Waals surface area (Å²) >= 11 is 5.67. The second kappa shape index (κ2) is 12.0. The van der Waals surface area contributed by atoms with Gasteiger partial charge in [0.1, 0.15) is 0 Å². The molecule has 0 bridgehead atoms. The number of hydrogen-bond donors (Lipinski definition) is 1. The Morgan fingerprint density at radius 2 is 2.12 bits per heavy atom. The second-order valence-corrected chi connectivity index (χ2v) is 11.2. The minimum absolute atomic E-state index is 0.0647. The number of aliphatic hydroxyl groups is 1. The van der Waals surface area contributed by atoms with Gasteiger partial charge in [-0.15, -0.1) is 11.6 Å². The summed E-state index contributed by atoms with van der Waals surface area (Å²) in [5, 5.41) is 16.0. The lowest BCUT2D eigenvalue weighted by atomic mass is 9.48. The molecule has 5 heteroatoms. The van der Waals surface area contributed by atoms with Gasteiger partial charge in [-0.1, -0.05) is 46.1 Å². The highest BCUT2D eigenvalue weighted by molar-refractivity contribution is 6.24. The monoisotopic (exact) mass is 464 g/mol. The van der Waals surface area contributed by atoms with Crippen molar-refractivity contribution in [2.24, 2.45) is 40.1 Å². The molecule has 0 aliphatic heterocycles. The number of fused-ring (bicyclic) bond motifs is 3. The summed E-state index contributed by atoms with van der Waals surface area (Å²) in [4.78, 5) is 12.8. The first-order valence-corrected chi connectivity index (χ1v) is 13.6. The van der Waals surface area contributed by atoms with Crippen molar-refractivity contribution in [3.63, 3.8) is 0 Å². The molecular formula is C27H45ClN2O2. The van der Waals surface area contributed by atoms with Crippen molar-refractivity contribution >= 4 is 23.6 Å². The van der Waals surface area contributed by atoms with E-state index in [0.717, 1.165) is 55.8 Å². The fraction of sp³-hybridized carbons (Fsp3) is 0.852. The number of Topliss-reactive ketones (excluding diaryl/α,β-unsaturated/α-hetero) is 1. The lowest BCUT2D eigenvalue weighted by molar-refractivity contribution is -0.124. The molecule has 32 heavy (non-hydrogen) atoms. The van der Waals surface area contributed by atoms with Crippen LogP contribution in [0, 0.1) is 35.0 Å². The summed E-state index contributed by atoms with van der Waals surface area (Å²) in [7, 11) is 0. The molecule has 0 radical (unpaired) electrons. The molecule has 4 nitrogen and oxygen atoms in total. The Morgan fingerprint density at radius 1 is 1.31 bits per heavy atom. The quantitative estimate of drug-likeness (QED) is 0.218. The first-order valence-electron chi connectivity index (χ1n) is 13.1. The zero-order valence-corrected chi connectivity index (χ0v) is 21.1. The highest BCUT2D eigenvalue weighted by atomic mass is 35.5. The Bertz CT molecular complexity index is 654. The molecule has 0 unspecified atom stereocenters. The zero-order chi connectivity index (χ0) is 23.1. The minimum atomic E-state index is -0.0647. The SMILES string of the molecule is C=CN(CC(=O)[C@H](CC)CCC[C@@H]1CCC[C@H]2[C@H]1CC[C@H]1C[C@H](O)CC[C@@]12C)/N=C\CCl. The average Bonchev–Trinajstić information content (AvgIpc) is 2.80. The number of carbonyl (C=O) groups excluding carboxylic acids is 1. The summed E-state index contributed by atoms with van der Waals surface area (Å²) in [6.45, 7) is 8.71. The summed E-state index contributed by atoms with van der Waals surface area (Å²) in [5.41, 5.74) is 0.445. The summed E-state index contributed by atoms with van der Waals surface area (Å²) in [5.74, 6) is 3.95. The third-order valence-corrected chi connectivity index (χ3v) is 9.45. The maximum atomic E-state index is 12.8. The molecular weight excluding hydrogens is 420 g/mol. The van der Waals surface area contributed by atoms with E-state index in [1.807, 2.05) is 0 Å².